The number of hydrogen-bond acceptors (Lipinski definition) is 2. The van der Waals surface area contributed by atoms with Crippen molar-refractivity contribution in [1.29, 1.82) is 0 Å². The van der Waals surface area contributed by atoms with Crippen LogP contribution < -0.4 is 9.47 Å². The van der Waals surface area contributed by atoms with E-state index < -0.39 is 0 Å². The molecule has 0 saturated heterocycles. The molecule has 7 aromatic rings. The van der Waals surface area contributed by atoms with Crippen molar-refractivity contribution in [3.8, 4) is 11.5 Å². The summed E-state index contributed by atoms with van der Waals surface area (Å²) in [5, 5.41) is 0. The fraction of sp³-hybridized carbons (Fsp3) is 0.265. The number of benzene rings is 7. The molecule has 7 rings (SSSR count). The van der Waals surface area contributed by atoms with E-state index >= 15 is 0 Å². The lowest BCUT2D eigenvalue weighted by atomic mass is 9.79. The van der Waals surface area contributed by atoms with Gasteiger partial charge in [0.15, 0.2) is 0 Å². The van der Waals surface area contributed by atoms with E-state index in [0.717, 1.165) is 56.0 Å². The van der Waals surface area contributed by atoms with Crippen LogP contribution in [0.4, 0.5) is 0 Å². The Balaban J connectivity index is 1.16. The molecule has 0 amide bonds. The average molecular weight is 923 g/mol. The molecule has 0 radical (unpaired) electrons. The van der Waals surface area contributed by atoms with E-state index in [4.69, 9.17) is 9.47 Å². The zero-order valence-corrected chi connectivity index (χ0v) is 43.9. The van der Waals surface area contributed by atoms with Crippen LogP contribution in [0.3, 0.4) is 0 Å². The second kappa shape index (κ2) is 21.8. The van der Waals surface area contributed by atoms with Crippen LogP contribution >= 0.6 is 0 Å². The van der Waals surface area contributed by atoms with E-state index in [1.54, 1.807) is 0 Å². The molecule has 0 aliphatic rings. The quantitative estimate of drug-likeness (QED) is 0.101. The second-order valence-electron chi connectivity index (χ2n) is 22.9. The first kappa shape index (κ1) is 51.0. The highest BCUT2D eigenvalue weighted by molar-refractivity contribution is 5.80. The highest BCUT2D eigenvalue weighted by atomic mass is 16.5. The minimum Gasteiger partial charge on any atom is -0.489 e. The molecule has 70 heavy (non-hydrogen) atoms. The van der Waals surface area contributed by atoms with Crippen molar-refractivity contribution in [1.82, 2.24) is 0 Å². The molecule has 2 heteroatoms. The Kier molecular flexibility index (Phi) is 15.9. The van der Waals surface area contributed by atoms with Crippen LogP contribution in [-0.4, -0.2) is 0 Å². The third-order valence-corrected chi connectivity index (χ3v) is 12.6. The van der Waals surface area contributed by atoms with Crippen LogP contribution in [0, 0.1) is 0 Å². The predicted molar refractivity (Wildman–Crippen MR) is 304 cm³/mol. The van der Waals surface area contributed by atoms with Crippen LogP contribution in [0.25, 0.3) is 48.6 Å². The van der Waals surface area contributed by atoms with Crippen molar-refractivity contribution in [2.45, 2.75) is 118 Å². The molecular weight excluding hydrogens is 849 g/mol. The van der Waals surface area contributed by atoms with Crippen molar-refractivity contribution in [3.63, 3.8) is 0 Å². The maximum Gasteiger partial charge on any atom is 0.124 e. The van der Waals surface area contributed by atoms with Crippen molar-refractivity contribution >= 4 is 48.6 Å². The van der Waals surface area contributed by atoms with Crippen molar-refractivity contribution in [2.75, 3.05) is 0 Å². The Morgan fingerprint density at radius 1 is 0.271 bits per heavy atom. The summed E-state index contributed by atoms with van der Waals surface area (Å²) in [5.41, 5.74) is 17.0. The Bertz CT molecular complexity index is 2740. The zero-order chi connectivity index (χ0) is 50.1. The maximum atomic E-state index is 6.27. The minimum atomic E-state index is 0.0461. The van der Waals surface area contributed by atoms with Gasteiger partial charge < -0.3 is 9.47 Å². The Labute approximate surface area is 421 Å². The van der Waals surface area contributed by atoms with Crippen molar-refractivity contribution in [3.05, 3.63) is 236 Å². The van der Waals surface area contributed by atoms with Gasteiger partial charge in [-0.05, 0) is 130 Å². The molecule has 2 nitrogen and oxygen atoms in total. The maximum absolute atomic E-state index is 6.27. The molecule has 0 N–H and O–H groups in total. The SMILES string of the molecule is CC(C)(C)c1cc(C=Cc2cc(C=Cc3ccc(C=Cc4cc(OCc5ccccc5)cc(OCc5ccccc5)c4)cc3)cc(C=Cc3cc(C(C)(C)C)cc(C(C)(C)C)c3)c2)cc(C(C)(C)C)c1. The Hall–Kier alpha value is -6.90. The Morgan fingerprint density at radius 2 is 0.529 bits per heavy atom. The van der Waals surface area contributed by atoms with Crippen LogP contribution in [-0.2, 0) is 34.9 Å². The van der Waals surface area contributed by atoms with Crippen LogP contribution in [0.5, 0.6) is 11.5 Å². The van der Waals surface area contributed by atoms with Gasteiger partial charge in [-0.2, -0.15) is 0 Å². The number of hydrogen-bond donors (Lipinski definition) is 0. The summed E-state index contributed by atoms with van der Waals surface area (Å²) < 4.78 is 12.5. The van der Waals surface area contributed by atoms with Gasteiger partial charge in [0.05, 0.1) is 0 Å². The lowest BCUT2D eigenvalue weighted by Gasteiger charge is -2.25. The second-order valence-corrected chi connectivity index (χ2v) is 22.9. The Morgan fingerprint density at radius 3 is 0.814 bits per heavy atom. The van der Waals surface area contributed by atoms with E-state index in [1.807, 2.05) is 42.5 Å². The lowest BCUT2D eigenvalue weighted by molar-refractivity contribution is 0.290. The standard InChI is InChI=1S/C68H74O2/c1-65(2,3)59-38-56(39-60(44-59)66(4,5)6)33-31-54-35-53(36-55(37-54)32-34-57-40-61(67(7,8)9)45-62(41-57)68(10,11)12)29-27-49-23-25-50(26-24-49)28-30-58-42-63(69-47-51-19-15-13-16-20-51)46-64(43-58)70-48-52-21-17-14-18-22-52/h13-46H,47-48H2,1-12H3. The molecule has 0 aromatic heterocycles. The number of rotatable bonds is 14. The van der Waals surface area contributed by atoms with E-state index in [2.05, 4.69) is 247 Å². The lowest BCUT2D eigenvalue weighted by Crippen LogP contribution is -2.16. The van der Waals surface area contributed by atoms with Gasteiger partial charge in [0.25, 0.3) is 0 Å². The van der Waals surface area contributed by atoms with E-state index in [9.17, 15) is 0 Å². The smallest absolute Gasteiger partial charge is 0.124 e. The molecule has 7 aromatic carbocycles. The molecule has 0 atom stereocenters. The molecule has 358 valence electrons. The van der Waals surface area contributed by atoms with Crippen LogP contribution in [0.2, 0.25) is 0 Å². The van der Waals surface area contributed by atoms with Gasteiger partial charge in [-0.25, -0.2) is 0 Å². The summed E-state index contributed by atoms with van der Waals surface area (Å²) in [5.74, 6) is 1.53. The highest BCUT2D eigenvalue weighted by Crippen LogP contribution is 2.33. The topological polar surface area (TPSA) is 18.5 Å². The van der Waals surface area contributed by atoms with Gasteiger partial charge >= 0.3 is 0 Å². The molecule has 0 aliphatic carbocycles. The fourth-order valence-corrected chi connectivity index (χ4v) is 8.05. The fourth-order valence-electron chi connectivity index (χ4n) is 8.05. The van der Waals surface area contributed by atoms with E-state index in [0.29, 0.717) is 13.2 Å². The summed E-state index contributed by atoms with van der Waals surface area (Å²) >= 11 is 0. The van der Waals surface area contributed by atoms with Crippen LogP contribution in [0.1, 0.15) is 161 Å². The van der Waals surface area contributed by atoms with Gasteiger partial charge in [-0.1, -0.05) is 253 Å². The molecule has 0 bridgehead atoms. The first-order chi connectivity index (χ1) is 33.1. The summed E-state index contributed by atoms with van der Waals surface area (Å²) in [7, 11) is 0. The first-order valence-electron chi connectivity index (χ1n) is 24.9. The monoisotopic (exact) mass is 923 g/mol. The van der Waals surface area contributed by atoms with Crippen molar-refractivity contribution in [2.24, 2.45) is 0 Å². The van der Waals surface area contributed by atoms with Gasteiger partial charge in [-0.3, -0.25) is 0 Å². The average Bonchev–Trinajstić information content (AvgIpc) is 3.32. The van der Waals surface area contributed by atoms with Crippen LogP contribution in [0.15, 0.2) is 158 Å². The molecule has 0 heterocycles. The molecule has 0 fully saturated rings. The third kappa shape index (κ3) is 15.0. The largest absolute Gasteiger partial charge is 0.489 e. The van der Waals surface area contributed by atoms with Crippen molar-refractivity contribution < 1.29 is 9.47 Å². The predicted octanol–water partition coefficient (Wildman–Crippen LogP) is 18.7. The summed E-state index contributed by atoms with van der Waals surface area (Å²) in [6, 6.07) is 56.3. The molecule has 0 spiro atoms. The normalized spacial score (nSPS) is 12.7. The van der Waals surface area contributed by atoms with Gasteiger partial charge in [0.2, 0.25) is 0 Å². The molecule has 0 aliphatic heterocycles. The van der Waals surface area contributed by atoms with E-state index in [1.165, 1.54) is 33.4 Å². The zero-order valence-electron chi connectivity index (χ0n) is 43.9. The number of ether oxygens (including phenoxy) is 2. The van der Waals surface area contributed by atoms with E-state index in [-0.39, 0.29) is 21.7 Å². The minimum absolute atomic E-state index is 0.0461. The third-order valence-electron chi connectivity index (χ3n) is 12.6. The van der Waals surface area contributed by atoms with Gasteiger partial charge in [0, 0.05) is 6.07 Å². The molecule has 0 unspecified atom stereocenters. The first-order valence-corrected chi connectivity index (χ1v) is 24.9. The van der Waals surface area contributed by atoms with Gasteiger partial charge in [0.1, 0.15) is 24.7 Å². The van der Waals surface area contributed by atoms with Gasteiger partial charge in [-0.15, -0.1) is 0 Å². The summed E-state index contributed by atoms with van der Waals surface area (Å²) in [6.45, 7) is 28.5. The highest BCUT2D eigenvalue weighted by Gasteiger charge is 2.21. The summed E-state index contributed by atoms with van der Waals surface area (Å²) in [4.78, 5) is 0. The summed E-state index contributed by atoms with van der Waals surface area (Å²) in [6.07, 6.45) is 17.8. The molecule has 0 saturated carbocycles. The molecular formula is C68H74O2.